The Kier molecular flexibility index (Phi) is 4.79. The maximum Gasteiger partial charge on any atom is 0.265 e. The van der Waals surface area contributed by atoms with Gasteiger partial charge in [-0.25, -0.2) is 4.98 Å². The number of nitrogens with zero attached hydrogens (tertiary/aromatic N) is 1. The van der Waals surface area contributed by atoms with Crippen LogP contribution in [0.2, 0.25) is 0 Å². The summed E-state index contributed by atoms with van der Waals surface area (Å²) in [7, 11) is 1.61. The normalized spacial score (nSPS) is 16.5. The highest BCUT2D eigenvalue weighted by Gasteiger charge is 2.38. The third kappa shape index (κ3) is 3.20. The molecule has 20 heavy (non-hydrogen) atoms. The van der Waals surface area contributed by atoms with Crippen molar-refractivity contribution in [3.8, 4) is 0 Å². The molecule has 1 saturated carbocycles. The number of amides is 1. The fourth-order valence-electron chi connectivity index (χ4n) is 2.05. The lowest BCUT2D eigenvalue weighted by molar-refractivity contribution is 0.0645. The van der Waals surface area contributed by atoms with Crippen molar-refractivity contribution in [3.63, 3.8) is 0 Å². The van der Waals surface area contributed by atoms with Gasteiger partial charge < -0.3 is 26.2 Å². The van der Waals surface area contributed by atoms with E-state index in [2.05, 4.69) is 15.6 Å². The number of nitrogen functional groups attached to an aromatic ring is 1. The minimum absolute atomic E-state index is 0.0452. The summed E-state index contributed by atoms with van der Waals surface area (Å²) < 4.78 is 4.93. The minimum atomic E-state index is -0.475. The molecule has 0 atom stereocenters. The summed E-state index contributed by atoms with van der Waals surface area (Å²) in [5, 5.41) is 15.9. The molecule has 1 fully saturated rings. The summed E-state index contributed by atoms with van der Waals surface area (Å²) in [6.45, 7) is 1.11. The first kappa shape index (κ1) is 15.0. The first-order valence-corrected chi connectivity index (χ1v) is 7.34. The number of hydrogen-bond acceptors (Lipinski definition) is 7. The Morgan fingerprint density at radius 1 is 1.60 bits per heavy atom. The van der Waals surface area contributed by atoms with Gasteiger partial charge in [-0.2, -0.15) is 0 Å². The smallest absolute Gasteiger partial charge is 0.265 e. The number of thiazole rings is 1. The molecule has 1 aliphatic carbocycles. The average molecular weight is 300 g/mol. The molecule has 112 valence electrons. The minimum Gasteiger partial charge on any atom is -0.394 e. The number of aliphatic hydroxyl groups is 1. The number of aromatic nitrogens is 1. The van der Waals surface area contributed by atoms with E-state index in [1.165, 1.54) is 11.3 Å². The summed E-state index contributed by atoms with van der Waals surface area (Å²) in [6.07, 6.45) is 2.61. The van der Waals surface area contributed by atoms with E-state index in [9.17, 15) is 9.90 Å². The number of aliphatic hydroxyl groups excluding tert-OH is 1. The van der Waals surface area contributed by atoms with E-state index in [1.807, 2.05) is 0 Å². The van der Waals surface area contributed by atoms with E-state index < -0.39 is 5.54 Å². The summed E-state index contributed by atoms with van der Waals surface area (Å²) in [5.74, 6) is -0.0617. The molecule has 1 amide bonds. The number of carbonyl (C=O) groups excluding carboxylic acids is 1. The van der Waals surface area contributed by atoms with Crippen molar-refractivity contribution < 1.29 is 14.6 Å². The molecule has 7 nitrogen and oxygen atoms in total. The Labute approximate surface area is 121 Å². The molecule has 0 radical (unpaired) electrons. The van der Waals surface area contributed by atoms with Crippen LogP contribution >= 0.6 is 11.3 Å². The highest BCUT2D eigenvalue weighted by atomic mass is 32.1. The molecular formula is C12H20N4O3S. The number of nitrogens with one attached hydrogen (secondary N) is 2. The van der Waals surface area contributed by atoms with Gasteiger partial charge in [0.2, 0.25) is 0 Å². The van der Waals surface area contributed by atoms with Crippen LogP contribution in [-0.2, 0) is 4.74 Å². The molecule has 8 heteroatoms. The van der Waals surface area contributed by atoms with Gasteiger partial charge in [0, 0.05) is 13.7 Å². The van der Waals surface area contributed by atoms with Crippen molar-refractivity contribution in [2.45, 2.75) is 24.8 Å². The molecule has 1 heterocycles. The number of anilines is 2. The van der Waals surface area contributed by atoms with Crippen LogP contribution in [0.5, 0.6) is 0 Å². The van der Waals surface area contributed by atoms with Gasteiger partial charge in [0.15, 0.2) is 5.13 Å². The van der Waals surface area contributed by atoms with E-state index >= 15 is 0 Å². The van der Waals surface area contributed by atoms with Crippen LogP contribution in [-0.4, -0.2) is 48.4 Å². The Hall–Kier alpha value is -1.38. The van der Waals surface area contributed by atoms with Gasteiger partial charge in [-0.15, -0.1) is 0 Å². The van der Waals surface area contributed by atoms with Gasteiger partial charge in [0.1, 0.15) is 10.7 Å². The number of carbonyl (C=O) groups is 1. The molecule has 0 aliphatic heterocycles. The van der Waals surface area contributed by atoms with Crippen molar-refractivity contribution in [3.05, 3.63) is 4.88 Å². The van der Waals surface area contributed by atoms with Crippen LogP contribution in [0.4, 0.5) is 10.9 Å². The lowest BCUT2D eigenvalue weighted by Crippen LogP contribution is -2.56. The molecule has 1 aliphatic rings. The van der Waals surface area contributed by atoms with Gasteiger partial charge in [-0.1, -0.05) is 11.3 Å². The summed E-state index contributed by atoms with van der Waals surface area (Å²) in [6, 6.07) is 0. The summed E-state index contributed by atoms with van der Waals surface area (Å²) >= 11 is 1.21. The second-order valence-electron chi connectivity index (χ2n) is 4.90. The number of ether oxygens (including phenoxy) is 1. The highest BCUT2D eigenvalue weighted by molar-refractivity contribution is 7.18. The molecule has 2 rings (SSSR count). The zero-order chi connectivity index (χ0) is 14.6. The van der Waals surface area contributed by atoms with Crippen LogP contribution in [0.25, 0.3) is 0 Å². The molecule has 1 aromatic heterocycles. The molecule has 0 bridgehead atoms. The SMILES string of the molecule is COCCNc1nc(N)c(C(=O)NC2(CO)CCC2)s1. The van der Waals surface area contributed by atoms with Crippen molar-refractivity contribution in [2.75, 3.05) is 37.9 Å². The van der Waals surface area contributed by atoms with Gasteiger partial charge in [0.25, 0.3) is 5.91 Å². The first-order valence-electron chi connectivity index (χ1n) is 6.53. The van der Waals surface area contributed by atoms with E-state index in [1.54, 1.807) is 7.11 Å². The van der Waals surface area contributed by atoms with Crippen LogP contribution in [0.15, 0.2) is 0 Å². The highest BCUT2D eigenvalue weighted by Crippen LogP contribution is 2.33. The van der Waals surface area contributed by atoms with Crippen molar-refractivity contribution in [1.82, 2.24) is 10.3 Å². The van der Waals surface area contributed by atoms with Gasteiger partial charge in [-0.05, 0) is 19.3 Å². The summed E-state index contributed by atoms with van der Waals surface area (Å²) in [4.78, 5) is 16.7. The zero-order valence-electron chi connectivity index (χ0n) is 11.4. The number of hydrogen-bond donors (Lipinski definition) is 4. The Bertz CT molecular complexity index is 468. The van der Waals surface area contributed by atoms with Crippen LogP contribution in [0.1, 0.15) is 28.9 Å². The fraction of sp³-hybridized carbons (Fsp3) is 0.667. The third-order valence-electron chi connectivity index (χ3n) is 3.43. The number of methoxy groups -OCH3 is 1. The average Bonchev–Trinajstić information content (AvgIpc) is 2.75. The van der Waals surface area contributed by atoms with Crippen molar-refractivity contribution in [2.24, 2.45) is 0 Å². The van der Waals surface area contributed by atoms with E-state index in [-0.39, 0.29) is 18.3 Å². The van der Waals surface area contributed by atoms with Gasteiger partial charge >= 0.3 is 0 Å². The van der Waals surface area contributed by atoms with Crippen molar-refractivity contribution in [1.29, 1.82) is 0 Å². The zero-order valence-corrected chi connectivity index (χ0v) is 12.3. The maximum absolute atomic E-state index is 12.2. The maximum atomic E-state index is 12.2. The topological polar surface area (TPSA) is 110 Å². The Balaban J connectivity index is 1.99. The predicted molar refractivity (Wildman–Crippen MR) is 78.0 cm³/mol. The van der Waals surface area contributed by atoms with E-state index in [4.69, 9.17) is 10.5 Å². The molecule has 0 spiro atoms. The Morgan fingerprint density at radius 3 is 2.90 bits per heavy atom. The second-order valence-corrected chi connectivity index (χ2v) is 5.90. The molecule has 1 aromatic rings. The lowest BCUT2D eigenvalue weighted by atomic mass is 9.77. The Morgan fingerprint density at radius 2 is 2.35 bits per heavy atom. The molecule has 0 saturated heterocycles. The first-order chi connectivity index (χ1) is 9.60. The predicted octanol–water partition coefficient (Wildman–Crippen LogP) is 0.428. The monoisotopic (exact) mass is 300 g/mol. The van der Waals surface area contributed by atoms with Crippen LogP contribution in [0, 0.1) is 0 Å². The number of nitrogens with two attached hydrogens (primary N) is 1. The molecule has 5 N–H and O–H groups in total. The standard InChI is InChI=1S/C12H20N4O3S/c1-19-6-5-14-11-15-9(13)8(20-11)10(18)16-12(7-17)3-2-4-12/h17H,2-7,13H2,1H3,(H,14,15)(H,16,18). The van der Waals surface area contributed by atoms with E-state index in [0.717, 1.165) is 19.3 Å². The quantitative estimate of drug-likeness (QED) is 0.544. The van der Waals surface area contributed by atoms with Gasteiger partial charge in [0.05, 0.1) is 18.8 Å². The molecule has 0 aromatic carbocycles. The van der Waals surface area contributed by atoms with Crippen LogP contribution < -0.4 is 16.4 Å². The van der Waals surface area contributed by atoms with Gasteiger partial charge in [-0.3, -0.25) is 4.79 Å². The van der Waals surface area contributed by atoms with Crippen molar-refractivity contribution >= 4 is 28.2 Å². The van der Waals surface area contributed by atoms with Crippen LogP contribution in [0.3, 0.4) is 0 Å². The third-order valence-corrected chi connectivity index (χ3v) is 4.46. The molecular weight excluding hydrogens is 280 g/mol. The lowest BCUT2D eigenvalue weighted by Gasteiger charge is -2.40. The fourth-order valence-corrected chi connectivity index (χ4v) is 2.86. The molecule has 0 unspecified atom stereocenters. The van der Waals surface area contributed by atoms with E-state index in [0.29, 0.717) is 23.2 Å². The summed E-state index contributed by atoms with van der Waals surface area (Å²) in [5.41, 5.74) is 5.30. The largest absolute Gasteiger partial charge is 0.394 e. The second kappa shape index (κ2) is 6.38. The number of rotatable bonds is 7.